The Morgan fingerprint density at radius 1 is 1.53 bits per heavy atom. The first kappa shape index (κ1) is 11.5. The van der Waals surface area contributed by atoms with Gasteiger partial charge >= 0.3 is 0 Å². The van der Waals surface area contributed by atoms with Gasteiger partial charge in [-0.2, -0.15) is 5.26 Å². The van der Waals surface area contributed by atoms with Gasteiger partial charge in [-0.05, 0) is 18.9 Å². The number of pyridine rings is 1. The van der Waals surface area contributed by atoms with Crippen molar-refractivity contribution in [1.82, 2.24) is 4.98 Å². The summed E-state index contributed by atoms with van der Waals surface area (Å²) in [6.45, 7) is 1.61. The second-order valence-electron chi connectivity index (χ2n) is 3.16. The lowest BCUT2D eigenvalue weighted by molar-refractivity contribution is 0.194. The van der Waals surface area contributed by atoms with Crippen molar-refractivity contribution >= 4 is 5.69 Å². The van der Waals surface area contributed by atoms with E-state index in [-0.39, 0.29) is 0 Å². The molecule has 15 heavy (non-hydrogen) atoms. The van der Waals surface area contributed by atoms with Gasteiger partial charge in [0.05, 0.1) is 17.4 Å². The highest BCUT2D eigenvalue weighted by Gasteiger charge is 1.99. The van der Waals surface area contributed by atoms with Crippen LogP contribution in [-0.4, -0.2) is 25.2 Å². The van der Waals surface area contributed by atoms with Crippen molar-refractivity contribution in [3.05, 3.63) is 24.0 Å². The zero-order valence-electron chi connectivity index (χ0n) is 8.86. The highest BCUT2D eigenvalue weighted by molar-refractivity contribution is 5.55. The van der Waals surface area contributed by atoms with Gasteiger partial charge < -0.3 is 10.1 Å². The van der Waals surface area contributed by atoms with Crippen LogP contribution in [0.25, 0.3) is 0 Å². The molecule has 0 saturated carbocycles. The average molecular weight is 205 g/mol. The van der Waals surface area contributed by atoms with Crippen LogP contribution in [0.15, 0.2) is 18.5 Å². The van der Waals surface area contributed by atoms with E-state index in [1.807, 2.05) is 0 Å². The van der Waals surface area contributed by atoms with Gasteiger partial charge in [-0.1, -0.05) is 0 Å². The molecular formula is C11H15N3O. The van der Waals surface area contributed by atoms with Crippen molar-refractivity contribution in [2.45, 2.75) is 12.8 Å². The van der Waals surface area contributed by atoms with E-state index in [2.05, 4.69) is 16.4 Å². The molecule has 0 radical (unpaired) electrons. The van der Waals surface area contributed by atoms with Gasteiger partial charge in [0, 0.05) is 26.5 Å². The second kappa shape index (κ2) is 6.80. The molecule has 0 atom stereocenters. The topological polar surface area (TPSA) is 57.9 Å². The van der Waals surface area contributed by atoms with Crippen molar-refractivity contribution in [2.24, 2.45) is 0 Å². The summed E-state index contributed by atoms with van der Waals surface area (Å²) in [5, 5.41) is 12.0. The molecule has 0 fully saturated rings. The summed E-state index contributed by atoms with van der Waals surface area (Å²) in [6, 6.07) is 3.83. The van der Waals surface area contributed by atoms with Gasteiger partial charge in [0.2, 0.25) is 0 Å². The SMILES string of the molecule is COCCCCNc1cnccc1C#N. The number of hydrogen-bond acceptors (Lipinski definition) is 4. The minimum Gasteiger partial charge on any atom is -0.385 e. The molecule has 1 N–H and O–H groups in total. The van der Waals surface area contributed by atoms with Crippen molar-refractivity contribution in [3.63, 3.8) is 0 Å². The van der Waals surface area contributed by atoms with Crippen LogP contribution >= 0.6 is 0 Å². The normalized spacial score (nSPS) is 9.60. The van der Waals surface area contributed by atoms with Gasteiger partial charge in [-0.25, -0.2) is 0 Å². The van der Waals surface area contributed by atoms with Crippen molar-refractivity contribution < 1.29 is 4.74 Å². The summed E-state index contributed by atoms with van der Waals surface area (Å²) < 4.78 is 4.95. The molecule has 80 valence electrons. The van der Waals surface area contributed by atoms with E-state index in [4.69, 9.17) is 10.00 Å². The van der Waals surface area contributed by atoms with Crippen LogP contribution in [0.2, 0.25) is 0 Å². The van der Waals surface area contributed by atoms with Crippen LogP contribution in [0, 0.1) is 11.3 Å². The zero-order valence-corrected chi connectivity index (χ0v) is 8.86. The number of methoxy groups -OCH3 is 1. The van der Waals surface area contributed by atoms with Crippen molar-refractivity contribution in [1.29, 1.82) is 5.26 Å². The van der Waals surface area contributed by atoms with Gasteiger partial charge in [-0.3, -0.25) is 4.98 Å². The molecule has 0 aromatic carbocycles. The molecule has 0 aliphatic carbocycles. The van der Waals surface area contributed by atoms with Crippen LogP contribution < -0.4 is 5.32 Å². The molecule has 0 aliphatic rings. The lowest BCUT2D eigenvalue weighted by Gasteiger charge is -2.06. The molecule has 1 rings (SSSR count). The van der Waals surface area contributed by atoms with E-state index in [1.54, 1.807) is 25.6 Å². The Kier molecular flexibility index (Phi) is 5.20. The van der Waals surface area contributed by atoms with Crippen molar-refractivity contribution in [3.8, 4) is 6.07 Å². The molecule has 0 amide bonds. The molecule has 0 saturated heterocycles. The Hall–Kier alpha value is -1.60. The number of aromatic nitrogens is 1. The Bertz CT molecular complexity index is 333. The average Bonchev–Trinajstić information content (AvgIpc) is 2.29. The van der Waals surface area contributed by atoms with Gasteiger partial charge in [0.1, 0.15) is 6.07 Å². The number of anilines is 1. The fourth-order valence-corrected chi connectivity index (χ4v) is 1.23. The molecule has 4 heteroatoms. The van der Waals surface area contributed by atoms with Gasteiger partial charge in [0.15, 0.2) is 0 Å². The number of nitrogens with zero attached hydrogens (tertiary/aromatic N) is 2. The minimum atomic E-state index is 0.636. The number of unbranched alkanes of at least 4 members (excludes halogenated alkanes) is 1. The monoisotopic (exact) mass is 205 g/mol. The zero-order chi connectivity index (χ0) is 10.9. The minimum absolute atomic E-state index is 0.636. The Morgan fingerprint density at radius 2 is 2.40 bits per heavy atom. The lowest BCUT2D eigenvalue weighted by atomic mass is 10.2. The van der Waals surface area contributed by atoms with E-state index in [0.29, 0.717) is 5.56 Å². The third-order valence-corrected chi connectivity index (χ3v) is 2.03. The standard InChI is InChI=1S/C11H15N3O/c1-15-7-3-2-5-14-11-9-13-6-4-10(11)8-12/h4,6,9,14H,2-3,5,7H2,1H3. The fourth-order valence-electron chi connectivity index (χ4n) is 1.23. The largest absolute Gasteiger partial charge is 0.385 e. The molecule has 1 aromatic heterocycles. The van der Waals surface area contributed by atoms with E-state index in [9.17, 15) is 0 Å². The van der Waals surface area contributed by atoms with E-state index in [0.717, 1.165) is 31.7 Å². The maximum Gasteiger partial charge on any atom is 0.101 e. The quantitative estimate of drug-likeness (QED) is 0.719. The van der Waals surface area contributed by atoms with Gasteiger partial charge in [0.25, 0.3) is 0 Å². The summed E-state index contributed by atoms with van der Waals surface area (Å²) in [4.78, 5) is 3.97. The first-order valence-electron chi connectivity index (χ1n) is 4.95. The summed E-state index contributed by atoms with van der Waals surface area (Å²) >= 11 is 0. The summed E-state index contributed by atoms with van der Waals surface area (Å²) in [6.07, 6.45) is 5.34. The maximum atomic E-state index is 8.82. The third-order valence-electron chi connectivity index (χ3n) is 2.03. The number of rotatable bonds is 6. The summed E-state index contributed by atoms with van der Waals surface area (Å²) in [7, 11) is 1.70. The van der Waals surface area contributed by atoms with E-state index < -0.39 is 0 Å². The fraction of sp³-hybridized carbons (Fsp3) is 0.455. The Balaban J connectivity index is 2.34. The van der Waals surface area contributed by atoms with Crippen LogP contribution in [0.3, 0.4) is 0 Å². The van der Waals surface area contributed by atoms with Gasteiger partial charge in [-0.15, -0.1) is 0 Å². The second-order valence-corrected chi connectivity index (χ2v) is 3.16. The Labute approximate surface area is 89.9 Å². The third kappa shape index (κ3) is 3.96. The van der Waals surface area contributed by atoms with Crippen LogP contribution in [0.5, 0.6) is 0 Å². The van der Waals surface area contributed by atoms with Crippen LogP contribution in [0.4, 0.5) is 5.69 Å². The predicted molar refractivity (Wildman–Crippen MR) is 58.6 cm³/mol. The molecule has 4 nitrogen and oxygen atoms in total. The lowest BCUT2D eigenvalue weighted by Crippen LogP contribution is -2.04. The first-order chi connectivity index (χ1) is 7.38. The highest BCUT2D eigenvalue weighted by atomic mass is 16.5. The summed E-state index contributed by atoms with van der Waals surface area (Å²) in [5.74, 6) is 0. The number of nitrogens with one attached hydrogen (secondary N) is 1. The molecule has 1 heterocycles. The number of ether oxygens (including phenoxy) is 1. The van der Waals surface area contributed by atoms with Crippen LogP contribution in [0.1, 0.15) is 18.4 Å². The molecule has 0 aliphatic heterocycles. The molecular weight excluding hydrogens is 190 g/mol. The maximum absolute atomic E-state index is 8.82. The van der Waals surface area contributed by atoms with E-state index >= 15 is 0 Å². The predicted octanol–water partition coefficient (Wildman–Crippen LogP) is 1.79. The highest BCUT2D eigenvalue weighted by Crippen LogP contribution is 2.11. The molecule has 1 aromatic rings. The number of hydrogen-bond donors (Lipinski definition) is 1. The molecule has 0 bridgehead atoms. The molecule has 0 unspecified atom stereocenters. The number of nitriles is 1. The van der Waals surface area contributed by atoms with Crippen LogP contribution in [-0.2, 0) is 4.74 Å². The smallest absolute Gasteiger partial charge is 0.101 e. The molecule has 0 spiro atoms. The van der Waals surface area contributed by atoms with E-state index in [1.165, 1.54) is 0 Å². The van der Waals surface area contributed by atoms with Crippen molar-refractivity contribution in [2.75, 3.05) is 25.6 Å². The first-order valence-corrected chi connectivity index (χ1v) is 4.95. The Morgan fingerprint density at radius 3 is 3.13 bits per heavy atom. The summed E-state index contributed by atoms with van der Waals surface area (Å²) in [5.41, 5.74) is 1.44.